The second kappa shape index (κ2) is 14.0. The minimum absolute atomic E-state index is 0.225. The summed E-state index contributed by atoms with van der Waals surface area (Å²) in [6, 6.07) is 22.4. The Bertz CT molecular complexity index is 1820. The van der Waals surface area contributed by atoms with Gasteiger partial charge in [0.1, 0.15) is 6.61 Å². The molecule has 0 aromatic heterocycles. The van der Waals surface area contributed by atoms with Gasteiger partial charge in [0.2, 0.25) is 0 Å². The number of amides is 1. The topological polar surface area (TPSA) is 51.1 Å². The summed E-state index contributed by atoms with van der Waals surface area (Å²) >= 11 is 20.3. The van der Waals surface area contributed by atoms with Crippen molar-refractivity contribution in [3.05, 3.63) is 133 Å². The first kappa shape index (κ1) is 31.7. The largest absolute Gasteiger partial charge is 0.493 e. The van der Waals surface area contributed by atoms with Crippen LogP contribution in [0.25, 0.3) is 6.08 Å². The molecule has 1 aliphatic heterocycles. The average molecular weight is 664 g/mol. The molecule has 0 aliphatic carbocycles. The van der Waals surface area contributed by atoms with Crippen molar-refractivity contribution in [3.63, 3.8) is 0 Å². The van der Waals surface area contributed by atoms with Crippen LogP contribution in [0.1, 0.15) is 27.8 Å². The molecule has 5 rings (SSSR count). The van der Waals surface area contributed by atoms with Crippen LogP contribution >= 0.6 is 46.6 Å². The second-order valence-electron chi connectivity index (χ2n) is 10.1. The number of aliphatic imine (C=N–C) groups is 1. The van der Waals surface area contributed by atoms with E-state index in [0.717, 1.165) is 27.8 Å². The Balaban J connectivity index is 1.54. The summed E-state index contributed by atoms with van der Waals surface area (Å²) < 4.78 is 12.0. The van der Waals surface area contributed by atoms with Crippen molar-refractivity contribution in [2.75, 3.05) is 12.0 Å². The number of nitrogens with zero attached hydrogens (tertiary/aromatic N) is 2. The number of rotatable bonds is 9. The van der Waals surface area contributed by atoms with Crippen molar-refractivity contribution in [2.45, 2.75) is 26.9 Å². The van der Waals surface area contributed by atoms with Gasteiger partial charge in [-0.3, -0.25) is 9.69 Å². The molecule has 44 heavy (non-hydrogen) atoms. The number of allylic oxidation sites excluding steroid dienone is 1. The number of carbonyl (C=O) groups excluding carboxylic acids is 1. The van der Waals surface area contributed by atoms with Gasteiger partial charge in [0.15, 0.2) is 16.7 Å². The molecule has 1 saturated heterocycles. The van der Waals surface area contributed by atoms with Crippen molar-refractivity contribution in [2.24, 2.45) is 4.99 Å². The molecule has 0 saturated carbocycles. The maximum absolute atomic E-state index is 14.0. The van der Waals surface area contributed by atoms with Crippen molar-refractivity contribution in [3.8, 4) is 11.5 Å². The van der Waals surface area contributed by atoms with Gasteiger partial charge in [0.05, 0.1) is 23.4 Å². The number of thioether (sulfide) groups is 1. The maximum atomic E-state index is 14.0. The lowest BCUT2D eigenvalue weighted by Gasteiger charge is -2.17. The SMILES string of the molecule is C=CCc1cc(/C=C2/SC(=Nc3ccc(C)c(Cl)c3)N(c3ccc(C)c(Cl)c3)C2=O)cc(OC)c1OCc1cccc(Cl)c1. The van der Waals surface area contributed by atoms with E-state index in [1.807, 2.05) is 80.6 Å². The molecule has 224 valence electrons. The molecular weight excluding hydrogens is 635 g/mol. The minimum Gasteiger partial charge on any atom is -0.493 e. The Morgan fingerprint density at radius 1 is 0.955 bits per heavy atom. The van der Waals surface area contributed by atoms with Gasteiger partial charge in [-0.25, -0.2) is 4.99 Å². The highest BCUT2D eigenvalue weighted by molar-refractivity contribution is 8.19. The molecule has 0 spiro atoms. The lowest BCUT2D eigenvalue weighted by molar-refractivity contribution is -0.113. The molecule has 1 aliphatic rings. The van der Waals surface area contributed by atoms with Gasteiger partial charge in [-0.2, -0.15) is 0 Å². The fourth-order valence-corrected chi connectivity index (χ4v) is 6.15. The summed E-state index contributed by atoms with van der Waals surface area (Å²) in [5.74, 6) is 0.922. The molecule has 9 heteroatoms. The Kier molecular flexibility index (Phi) is 10.1. The number of amidine groups is 1. The summed E-state index contributed by atoms with van der Waals surface area (Å²) in [6.45, 7) is 8.07. The van der Waals surface area contributed by atoms with Crippen LogP contribution in [0.3, 0.4) is 0 Å². The van der Waals surface area contributed by atoms with Gasteiger partial charge in [0.25, 0.3) is 5.91 Å². The number of halogens is 3. The normalized spacial score (nSPS) is 14.9. The van der Waals surface area contributed by atoms with Gasteiger partial charge < -0.3 is 9.47 Å². The third-order valence-corrected chi connectivity index (χ3v) is 8.93. The molecule has 0 atom stereocenters. The van der Waals surface area contributed by atoms with E-state index < -0.39 is 0 Å². The van der Waals surface area contributed by atoms with Crippen LogP contribution in [0.15, 0.2) is 95.3 Å². The molecule has 0 N–H and O–H groups in total. The van der Waals surface area contributed by atoms with Gasteiger partial charge in [-0.15, -0.1) is 6.58 Å². The van der Waals surface area contributed by atoms with E-state index >= 15 is 0 Å². The second-order valence-corrected chi connectivity index (χ2v) is 12.4. The number of ether oxygens (including phenoxy) is 2. The molecule has 4 aromatic rings. The van der Waals surface area contributed by atoms with Gasteiger partial charge in [-0.05, 0) is 109 Å². The van der Waals surface area contributed by atoms with E-state index in [1.54, 1.807) is 30.2 Å². The monoisotopic (exact) mass is 662 g/mol. The van der Waals surface area contributed by atoms with E-state index in [-0.39, 0.29) is 5.91 Å². The number of methoxy groups -OCH3 is 1. The average Bonchev–Trinajstić information content (AvgIpc) is 3.29. The molecule has 0 bridgehead atoms. The smallest absolute Gasteiger partial charge is 0.271 e. The Labute approximate surface area is 276 Å². The molecular formula is C35H29Cl3N2O3S. The van der Waals surface area contributed by atoms with Gasteiger partial charge in [0, 0.05) is 20.6 Å². The first-order chi connectivity index (χ1) is 21.2. The molecule has 1 fully saturated rings. The summed E-state index contributed by atoms with van der Waals surface area (Å²) in [4.78, 5) is 20.8. The Morgan fingerprint density at radius 3 is 2.39 bits per heavy atom. The Morgan fingerprint density at radius 2 is 1.70 bits per heavy atom. The third-order valence-electron chi connectivity index (χ3n) is 6.91. The van der Waals surface area contributed by atoms with Crippen LogP contribution in [0.2, 0.25) is 15.1 Å². The summed E-state index contributed by atoms with van der Waals surface area (Å²) in [5.41, 5.74) is 5.68. The predicted molar refractivity (Wildman–Crippen MR) is 185 cm³/mol. The predicted octanol–water partition coefficient (Wildman–Crippen LogP) is 10.4. The van der Waals surface area contributed by atoms with E-state index in [0.29, 0.717) is 61.0 Å². The number of hydrogen-bond acceptors (Lipinski definition) is 5. The first-order valence-corrected chi connectivity index (χ1v) is 15.7. The fraction of sp³-hybridized carbons (Fsp3) is 0.143. The Hall–Kier alpha value is -3.68. The lowest BCUT2D eigenvalue weighted by atomic mass is 10.0. The van der Waals surface area contributed by atoms with Crippen molar-refractivity contribution in [1.82, 2.24) is 0 Å². The summed E-state index contributed by atoms with van der Waals surface area (Å²) in [6.07, 6.45) is 4.16. The molecule has 1 heterocycles. The van der Waals surface area contributed by atoms with Crippen LogP contribution < -0.4 is 14.4 Å². The highest BCUT2D eigenvalue weighted by Crippen LogP contribution is 2.41. The summed E-state index contributed by atoms with van der Waals surface area (Å²) in [5, 5.41) is 2.28. The van der Waals surface area contributed by atoms with Crippen LogP contribution in [0.4, 0.5) is 11.4 Å². The van der Waals surface area contributed by atoms with Crippen molar-refractivity contribution < 1.29 is 14.3 Å². The molecule has 0 radical (unpaired) electrons. The minimum atomic E-state index is -0.225. The van der Waals surface area contributed by atoms with Crippen LogP contribution in [-0.2, 0) is 17.8 Å². The van der Waals surface area contributed by atoms with Crippen LogP contribution in [0.5, 0.6) is 11.5 Å². The van der Waals surface area contributed by atoms with Gasteiger partial charge in [-0.1, -0.05) is 65.1 Å². The lowest BCUT2D eigenvalue weighted by Crippen LogP contribution is -2.28. The number of benzene rings is 4. The zero-order valence-electron chi connectivity index (χ0n) is 24.4. The van der Waals surface area contributed by atoms with Crippen molar-refractivity contribution >= 4 is 75.1 Å². The van der Waals surface area contributed by atoms with E-state index in [2.05, 4.69) is 6.58 Å². The van der Waals surface area contributed by atoms with Crippen LogP contribution in [0, 0.1) is 13.8 Å². The van der Waals surface area contributed by atoms with E-state index in [9.17, 15) is 4.79 Å². The zero-order chi connectivity index (χ0) is 31.4. The number of hydrogen-bond donors (Lipinski definition) is 0. The molecule has 0 unspecified atom stereocenters. The summed E-state index contributed by atoms with van der Waals surface area (Å²) in [7, 11) is 1.59. The van der Waals surface area contributed by atoms with Crippen molar-refractivity contribution in [1.29, 1.82) is 0 Å². The number of anilines is 1. The molecule has 5 nitrogen and oxygen atoms in total. The maximum Gasteiger partial charge on any atom is 0.271 e. The number of aryl methyl sites for hydroxylation is 2. The number of carbonyl (C=O) groups is 1. The molecule has 4 aromatic carbocycles. The van der Waals surface area contributed by atoms with E-state index in [4.69, 9.17) is 49.3 Å². The highest BCUT2D eigenvalue weighted by atomic mass is 35.5. The van der Waals surface area contributed by atoms with Gasteiger partial charge >= 0.3 is 0 Å². The van der Waals surface area contributed by atoms with E-state index in [1.165, 1.54) is 11.8 Å². The quantitative estimate of drug-likeness (QED) is 0.132. The first-order valence-electron chi connectivity index (χ1n) is 13.7. The standard InChI is InChI=1S/C35H29Cl3N2O3S/c1-5-7-25-14-24(16-31(42-4)33(25)43-20-23-8-6-9-26(36)15-23)17-32-34(41)40(28-13-11-22(3)30(38)19-28)35(44-32)39-27-12-10-21(2)29(37)18-27/h5-6,8-19H,1,7,20H2,2-4H3/b32-17+,39-35?. The van der Waals surface area contributed by atoms with Crippen LogP contribution in [-0.4, -0.2) is 18.2 Å². The highest BCUT2D eigenvalue weighted by Gasteiger charge is 2.35. The fourth-order valence-electron chi connectivity index (χ4n) is 4.58. The third kappa shape index (κ3) is 7.16. The zero-order valence-corrected chi connectivity index (χ0v) is 27.4. The molecule has 1 amide bonds.